The van der Waals surface area contributed by atoms with Crippen molar-refractivity contribution in [2.45, 2.75) is 25.8 Å². The molecule has 1 saturated heterocycles. The average Bonchev–Trinajstić information content (AvgIpc) is 2.67. The zero-order valence-corrected chi connectivity index (χ0v) is 11.5. The summed E-state index contributed by atoms with van der Waals surface area (Å²) in [7, 11) is -1.29. The maximum Gasteiger partial charge on any atom is 0.270 e. The van der Waals surface area contributed by atoms with Gasteiger partial charge in [-0.15, -0.1) is 0 Å². The molecule has 1 amide bonds. The van der Waals surface area contributed by atoms with E-state index in [4.69, 9.17) is 0 Å². The highest BCUT2D eigenvalue weighted by Crippen LogP contribution is 2.23. The van der Waals surface area contributed by atoms with Gasteiger partial charge < -0.3 is 9.88 Å². The molecule has 1 fully saturated rings. The van der Waals surface area contributed by atoms with Crippen molar-refractivity contribution in [3.8, 4) is 0 Å². The number of aromatic nitrogens is 2. The van der Waals surface area contributed by atoms with Crippen LogP contribution in [0.15, 0.2) is 6.33 Å². The lowest BCUT2D eigenvalue weighted by atomic mass is 10.0. The van der Waals surface area contributed by atoms with Gasteiger partial charge in [0.15, 0.2) is 9.84 Å². The van der Waals surface area contributed by atoms with Crippen molar-refractivity contribution in [2.24, 2.45) is 7.05 Å². The first-order valence-electron chi connectivity index (χ1n) is 5.73. The molecule has 0 spiro atoms. The molecule has 1 aliphatic heterocycles. The van der Waals surface area contributed by atoms with Crippen molar-refractivity contribution in [1.29, 1.82) is 0 Å². The van der Waals surface area contributed by atoms with Gasteiger partial charge in [-0.25, -0.2) is 13.4 Å². The summed E-state index contributed by atoms with van der Waals surface area (Å²) in [6.07, 6.45) is 2.02. The lowest BCUT2D eigenvalue weighted by molar-refractivity contribution is 0.0906. The zero-order chi connectivity index (χ0) is 13.6. The summed E-state index contributed by atoms with van der Waals surface area (Å²) >= 11 is 0. The lowest BCUT2D eigenvalue weighted by Gasteiger charge is -2.24. The van der Waals surface area contributed by atoms with Crippen LogP contribution in [0.5, 0.6) is 0 Å². The number of amides is 1. The Morgan fingerprint density at radius 1 is 1.56 bits per heavy atom. The Hall–Kier alpha value is -1.37. The summed E-state index contributed by atoms with van der Waals surface area (Å²) < 4.78 is 24.6. The molecular formula is C11H17N3O3S. The molecule has 18 heavy (non-hydrogen) atoms. The van der Waals surface area contributed by atoms with Crippen LogP contribution in [-0.4, -0.2) is 40.9 Å². The number of nitrogens with zero attached hydrogens (tertiary/aromatic N) is 2. The number of imidazole rings is 1. The minimum Gasteiger partial charge on any atom is -0.344 e. The third-order valence-corrected chi connectivity index (χ3v) is 5.16. The smallest absolute Gasteiger partial charge is 0.270 e. The molecule has 1 aromatic rings. The van der Waals surface area contributed by atoms with E-state index < -0.39 is 15.4 Å². The quantitative estimate of drug-likeness (QED) is 0.823. The summed E-state index contributed by atoms with van der Waals surface area (Å²) in [5, 5.41) is 2.82. The van der Waals surface area contributed by atoms with Gasteiger partial charge in [-0.2, -0.15) is 0 Å². The number of carbonyl (C=O) groups excluding carboxylic acids is 1. The number of hydrogen-bond donors (Lipinski definition) is 1. The summed E-state index contributed by atoms with van der Waals surface area (Å²) in [5.74, 6) is -0.136. The first-order chi connectivity index (χ1) is 8.22. The van der Waals surface area contributed by atoms with Crippen molar-refractivity contribution in [2.75, 3.05) is 11.5 Å². The Morgan fingerprint density at radius 3 is 2.67 bits per heavy atom. The molecule has 2 rings (SSSR count). The highest BCUT2D eigenvalue weighted by atomic mass is 32.2. The van der Waals surface area contributed by atoms with Crippen LogP contribution in [-0.2, 0) is 16.9 Å². The molecule has 1 atom stereocenters. The van der Waals surface area contributed by atoms with Crippen LogP contribution in [0.2, 0.25) is 0 Å². The first kappa shape index (κ1) is 13.1. The highest BCUT2D eigenvalue weighted by Gasteiger charge is 2.40. The van der Waals surface area contributed by atoms with E-state index in [1.165, 1.54) is 0 Å². The van der Waals surface area contributed by atoms with Crippen LogP contribution in [0.4, 0.5) is 0 Å². The number of hydrogen-bond acceptors (Lipinski definition) is 4. The van der Waals surface area contributed by atoms with E-state index in [0.29, 0.717) is 17.8 Å². The SMILES string of the molecule is Cc1ncn(C)c1C(=O)N[C@]1(C)CCS(=O)(=O)C1. The summed E-state index contributed by atoms with van der Waals surface area (Å²) in [5.41, 5.74) is 0.437. The van der Waals surface area contributed by atoms with Gasteiger partial charge in [-0.1, -0.05) is 0 Å². The fourth-order valence-corrected chi connectivity index (χ4v) is 4.41. The molecule has 0 bridgehead atoms. The molecule has 0 saturated carbocycles. The summed E-state index contributed by atoms with van der Waals surface area (Å²) in [6, 6.07) is 0. The van der Waals surface area contributed by atoms with Crippen LogP contribution in [0.3, 0.4) is 0 Å². The predicted octanol–water partition coefficient (Wildman–Crippen LogP) is 0.0355. The minimum atomic E-state index is -3.03. The number of aryl methyl sites for hydroxylation is 2. The topological polar surface area (TPSA) is 81.1 Å². The van der Waals surface area contributed by atoms with Crippen LogP contribution >= 0.6 is 0 Å². The molecule has 0 radical (unpaired) electrons. The lowest BCUT2D eigenvalue weighted by Crippen LogP contribution is -2.47. The van der Waals surface area contributed by atoms with Gasteiger partial charge in [0.05, 0.1) is 29.1 Å². The number of rotatable bonds is 2. The molecule has 1 aromatic heterocycles. The van der Waals surface area contributed by atoms with Crippen molar-refractivity contribution in [1.82, 2.24) is 14.9 Å². The van der Waals surface area contributed by atoms with E-state index in [9.17, 15) is 13.2 Å². The van der Waals surface area contributed by atoms with Gasteiger partial charge >= 0.3 is 0 Å². The Morgan fingerprint density at radius 2 is 2.22 bits per heavy atom. The van der Waals surface area contributed by atoms with Crippen LogP contribution < -0.4 is 5.32 Å². The monoisotopic (exact) mass is 271 g/mol. The summed E-state index contributed by atoms with van der Waals surface area (Å²) in [6.45, 7) is 3.52. The number of nitrogens with one attached hydrogen (secondary N) is 1. The molecule has 100 valence electrons. The van der Waals surface area contributed by atoms with Gasteiger partial charge in [-0.3, -0.25) is 4.79 Å². The third-order valence-electron chi connectivity index (χ3n) is 3.25. The standard InChI is InChI=1S/C11H17N3O3S/c1-8-9(14(3)7-12-8)10(15)13-11(2)4-5-18(16,17)6-11/h7H,4-6H2,1-3H3,(H,13,15)/t11-/m1/s1. The second-order valence-electron chi connectivity index (χ2n) is 5.15. The van der Waals surface area contributed by atoms with Crippen LogP contribution in [0, 0.1) is 6.92 Å². The molecule has 0 aliphatic carbocycles. The van der Waals surface area contributed by atoms with E-state index in [1.807, 2.05) is 0 Å². The average molecular weight is 271 g/mol. The van der Waals surface area contributed by atoms with Gasteiger partial charge in [0.1, 0.15) is 5.69 Å². The van der Waals surface area contributed by atoms with Gasteiger partial charge in [0.2, 0.25) is 0 Å². The van der Waals surface area contributed by atoms with Crippen LogP contribution in [0.25, 0.3) is 0 Å². The highest BCUT2D eigenvalue weighted by molar-refractivity contribution is 7.91. The Labute approximate surface area is 106 Å². The third kappa shape index (κ3) is 2.40. The van der Waals surface area contributed by atoms with Gasteiger partial charge in [0.25, 0.3) is 5.91 Å². The maximum atomic E-state index is 12.2. The van der Waals surface area contributed by atoms with Crippen molar-refractivity contribution >= 4 is 15.7 Å². The largest absolute Gasteiger partial charge is 0.344 e. The normalized spacial score (nSPS) is 26.2. The zero-order valence-electron chi connectivity index (χ0n) is 10.7. The van der Waals surface area contributed by atoms with Gasteiger partial charge in [-0.05, 0) is 20.3 Å². The molecular weight excluding hydrogens is 254 g/mol. The first-order valence-corrected chi connectivity index (χ1v) is 7.55. The van der Waals surface area contributed by atoms with Crippen molar-refractivity contribution in [3.05, 3.63) is 17.7 Å². The molecule has 1 aliphatic rings. The summed E-state index contributed by atoms with van der Waals surface area (Å²) in [4.78, 5) is 16.2. The Balaban J connectivity index is 2.19. The maximum absolute atomic E-state index is 12.2. The second-order valence-corrected chi connectivity index (χ2v) is 7.33. The van der Waals surface area contributed by atoms with E-state index in [2.05, 4.69) is 10.3 Å². The van der Waals surface area contributed by atoms with E-state index >= 15 is 0 Å². The van der Waals surface area contributed by atoms with E-state index in [0.717, 1.165) is 0 Å². The fourth-order valence-electron chi connectivity index (χ4n) is 2.31. The fraction of sp³-hybridized carbons (Fsp3) is 0.636. The van der Waals surface area contributed by atoms with Crippen LogP contribution in [0.1, 0.15) is 29.5 Å². The molecule has 0 aromatic carbocycles. The molecule has 2 heterocycles. The number of sulfone groups is 1. The minimum absolute atomic E-state index is 0.00262. The predicted molar refractivity (Wildman–Crippen MR) is 67.1 cm³/mol. The molecule has 0 unspecified atom stereocenters. The molecule has 1 N–H and O–H groups in total. The molecule has 6 nitrogen and oxygen atoms in total. The van der Waals surface area contributed by atoms with Crippen molar-refractivity contribution in [3.63, 3.8) is 0 Å². The Kier molecular flexibility index (Phi) is 2.96. The molecule has 7 heteroatoms. The van der Waals surface area contributed by atoms with E-state index in [-0.39, 0.29) is 17.4 Å². The van der Waals surface area contributed by atoms with Gasteiger partial charge in [0, 0.05) is 7.05 Å². The van der Waals surface area contributed by atoms with Crippen molar-refractivity contribution < 1.29 is 13.2 Å². The number of carbonyl (C=O) groups is 1. The second kappa shape index (κ2) is 4.08. The van der Waals surface area contributed by atoms with E-state index in [1.54, 1.807) is 31.8 Å². The Bertz CT molecular complexity index is 571.